The van der Waals surface area contributed by atoms with Gasteiger partial charge in [0.15, 0.2) is 0 Å². The molecule has 1 atom stereocenters. The minimum Gasteiger partial charge on any atom is -0.352 e. The van der Waals surface area contributed by atoms with E-state index in [2.05, 4.69) is 5.32 Å². The maximum Gasteiger partial charge on any atom is 0.243 e. The molecule has 200 valence electrons. The van der Waals surface area contributed by atoms with Gasteiger partial charge in [-0.3, -0.25) is 9.59 Å². The zero-order valence-corrected chi connectivity index (χ0v) is 23.8. The third-order valence-electron chi connectivity index (χ3n) is 6.93. The van der Waals surface area contributed by atoms with Crippen LogP contribution in [0.15, 0.2) is 78.9 Å². The highest BCUT2D eigenvalue weighted by Crippen LogP contribution is 2.24. The number of hydrogen-bond donors (Lipinski definition) is 1. The fraction of sp³-hybridized carbons (Fsp3) is 0.355. The summed E-state index contributed by atoms with van der Waals surface area (Å²) in [5.41, 5.74) is 2.95. The maximum atomic E-state index is 13.8. The highest BCUT2D eigenvalue weighted by atomic mass is 35.5. The molecule has 0 unspecified atom stereocenters. The monoisotopic (exact) mass is 568 g/mol. The predicted molar refractivity (Wildman–Crippen MR) is 159 cm³/mol. The van der Waals surface area contributed by atoms with Crippen LogP contribution >= 0.6 is 35.0 Å². The summed E-state index contributed by atoms with van der Waals surface area (Å²) in [6.45, 7) is 0.332. The zero-order chi connectivity index (χ0) is 26.7. The van der Waals surface area contributed by atoms with Gasteiger partial charge in [0.2, 0.25) is 11.8 Å². The molecule has 1 aliphatic carbocycles. The van der Waals surface area contributed by atoms with Crippen molar-refractivity contribution in [3.63, 3.8) is 0 Å². The summed E-state index contributed by atoms with van der Waals surface area (Å²) in [7, 11) is 0. The van der Waals surface area contributed by atoms with Gasteiger partial charge in [0, 0.05) is 34.8 Å². The Morgan fingerprint density at radius 2 is 1.55 bits per heavy atom. The average molecular weight is 570 g/mol. The van der Waals surface area contributed by atoms with Crippen LogP contribution in [0.25, 0.3) is 0 Å². The van der Waals surface area contributed by atoms with E-state index in [4.69, 9.17) is 23.2 Å². The summed E-state index contributed by atoms with van der Waals surface area (Å²) < 4.78 is 0. The zero-order valence-electron chi connectivity index (χ0n) is 21.5. The molecule has 1 saturated carbocycles. The maximum absolute atomic E-state index is 13.8. The molecule has 0 spiro atoms. The van der Waals surface area contributed by atoms with E-state index in [1.165, 1.54) is 18.2 Å². The second kappa shape index (κ2) is 14.6. The topological polar surface area (TPSA) is 49.4 Å². The summed E-state index contributed by atoms with van der Waals surface area (Å²) in [5, 5.41) is 4.61. The van der Waals surface area contributed by atoms with Crippen molar-refractivity contribution in [1.82, 2.24) is 10.2 Å². The van der Waals surface area contributed by atoms with Crippen LogP contribution < -0.4 is 5.32 Å². The normalized spacial score (nSPS) is 14.6. The predicted octanol–water partition coefficient (Wildman–Crippen LogP) is 7.32. The molecule has 3 aromatic carbocycles. The van der Waals surface area contributed by atoms with Crippen LogP contribution in [0.1, 0.15) is 48.8 Å². The van der Waals surface area contributed by atoms with Crippen molar-refractivity contribution in [1.29, 1.82) is 0 Å². The summed E-state index contributed by atoms with van der Waals surface area (Å²) in [4.78, 5) is 29.3. The van der Waals surface area contributed by atoms with E-state index >= 15 is 0 Å². The van der Waals surface area contributed by atoms with Gasteiger partial charge in [-0.05, 0) is 47.7 Å². The molecule has 1 aliphatic rings. The van der Waals surface area contributed by atoms with Gasteiger partial charge in [-0.2, -0.15) is 0 Å². The van der Waals surface area contributed by atoms with Gasteiger partial charge in [-0.15, -0.1) is 11.8 Å². The van der Waals surface area contributed by atoms with Crippen LogP contribution in [0.3, 0.4) is 0 Å². The molecule has 0 aromatic heterocycles. The lowest BCUT2D eigenvalue weighted by atomic mass is 9.94. The number of nitrogens with zero attached hydrogens (tertiary/aromatic N) is 1. The van der Waals surface area contributed by atoms with Crippen molar-refractivity contribution >= 4 is 46.8 Å². The molecule has 0 aliphatic heterocycles. The van der Waals surface area contributed by atoms with E-state index in [1.54, 1.807) is 4.90 Å². The Hall–Kier alpha value is -2.47. The third-order valence-corrected chi connectivity index (χ3v) is 8.52. The number of carbonyl (C=O) groups is 2. The Balaban J connectivity index is 1.56. The van der Waals surface area contributed by atoms with E-state index in [9.17, 15) is 9.59 Å². The molecule has 4 rings (SSSR count). The largest absolute Gasteiger partial charge is 0.352 e. The summed E-state index contributed by atoms with van der Waals surface area (Å²) in [5.74, 6) is 0.717. The fourth-order valence-corrected chi connectivity index (χ4v) is 6.15. The molecule has 1 fully saturated rings. The van der Waals surface area contributed by atoms with Gasteiger partial charge < -0.3 is 10.2 Å². The summed E-state index contributed by atoms with van der Waals surface area (Å²) in [6.07, 6.45) is 5.89. The van der Waals surface area contributed by atoms with E-state index in [1.807, 2.05) is 78.9 Å². The Morgan fingerprint density at radius 3 is 2.26 bits per heavy atom. The molecule has 2 amide bonds. The standard InChI is InChI=1S/C31H34Cl2N2O2S/c32-26-17-15-24(16-18-26)20-35(30(36)22-38-21-25-11-7-8-14-28(25)33)29(19-23-9-3-1-4-10-23)31(37)34-27-12-5-2-6-13-27/h1,3-4,7-11,14-18,27,29H,2,5-6,12-13,19-22H2,(H,34,37)/t29-/m0/s1. The number of amides is 2. The second-order valence-corrected chi connectivity index (χ2v) is 11.6. The van der Waals surface area contributed by atoms with Crippen LogP contribution in [0.4, 0.5) is 0 Å². The Labute approximate surface area is 240 Å². The minimum atomic E-state index is -0.622. The molecular weight excluding hydrogens is 535 g/mol. The van der Waals surface area contributed by atoms with E-state index in [0.29, 0.717) is 28.8 Å². The minimum absolute atomic E-state index is 0.0725. The molecule has 1 N–H and O–H groups in total. The van der Waals surface area contributed by atoms with Gasteiger partial charge in [0.25, 0.3) is 0 Å². The number of carbonyl (C=O) groups excluding carboxylic acids is 2. The van der Waals surface area contributed by atoms with Crippen LogP contribution in [0.5, 0.6) is 0 Å². The summed E-state index contributed by atoms with van der Waals surface area (Å²) >= 11 is 14.0. The lowest BCUT2D eigenvalue weighted by Gasteiger charge is -2.33. The van der Waals surface area contributed by atoms with Crippen LogP contribution in [0, 0.1) is 0 Å². The number of benzene rings is 3. The Morgan fingerprint density at radius 1 is 0.868 bits per heavy atom. The van der Waals surface area contributed by atoms with Crippen molar-refractivity contribution in [2.24, 2.45) is 0 Å². The molecule has 0 saturated heterocycles. The average Bonchev–Trinajstić information content (AvgIpc) is 2.94. The number of thioether (sulfide) groups is 1. The number of hydrogen-bond acceptors (Lipinski definition) is 3. The smallest absolute Gasteiger partial charge is 0.243 e. The third kappa shape index (κ3) is 8.52. The van der Waals surface area contributed by atoms with Crippen molar-refractivity contribution in [3.8, 4) is 0 Å². The molecule has 4 nitrogen and oxygen atoms in total. The molecule has 0 radical (unpaired) electrons. The lowest BCUT2D eigenvalue weighted by molar-refractivity contribution is -0.139. The van der Waals surface area contributed by atoms with Crippen molar-refractivity contribution in [3.05, 3.63) is 106 Å². The first-order valence-electron chi connectivity index (χ1n) is 13.2. The lowest BCUT2D eigenvalue weighted by Crippen LogP contribution is -2.53. The first-order valence-corrected chi connectivity index (χ1v) is 15.1. The highest BCUT2D eigenvalue weighted by Gasteiger charge is 2.31. The van der Waals surface area contributed by atoms with Gasteiger partial charge in [-0.1, -0.05) is 103 Å². The second-order valence-electron chi connectivity index (χ2n) is 9.78. The summed E-state index contributed by atoms with van der Waals surface area (Å²) in [6, 6.07) is 24.6. The number of nitrogens with one attached hydrogen (secondary N) is 1. The number of halogens is 2. The fourth-order valence-electron chi connectivity index (χ4n) is 4.83. The van der Waals surface area contributed by atoms with Crippen LogP contribution in [-0.4, -0.2) is 34.6 Å². The Bertz CT molecular complexity index is 1180. The highest BCUT2D eigenvalue weighted by molar-refractivity contribution is 7.99. The molecular formula is C31H34Cl2N2O2S. The van der Waals surface area contributed by atoms with Gasteiger partial charge in [-0.25, -0.2) is 0 Å². The molecule has 0 bridgehead atoms. The van der Waals surface area contributed by atoms with E-state index in [0.717, 1.165) is 42.4 Å². The van der Waals surface area contributed by atoms with Gasteiger partial charge in [0.1, 0.15) is 6.04 Å². The molecule has 3 aromatic rings. The number of rotatable bonds is 11. The van der Waals surface area contributed by atoms with E-state index in [-0.39, 0.29) is 23.6 Å². The van der Waals surface area contributed by atoms with Gasteiger partial charge >= 0.3 is 0 Å². The molecule has 38 heavy (non-hydrogen) atoms. The first-order chi connectivity index (χ1) is 18.5. The molecule has 0 heterocycles. The quantitative estimate of drug-likeness (QED) is 0.263. The van der Waals surface area contributed by atoms with E-state index < -0.39 is 6.04 Å². The first kappa shape index (κ1) is 28.5. The van der Waals surface area contributed by atoms with Crippen molar-refractivity contribution in [2.75, 3.05) is 5.75 Å². The van der Waals surface area contributed by atoms with Gasteiger partial charge in [0.05, 0.1) is 5.75 Å². The van der Waals surface area contributed by atoms with Crippen molar-refractivity contribution in [2.45, 2.75) is 62.9 Å². The van der Waals surface area contributed by atoms with Crippen LogP contribution in [0.2, 0.25) is 10.0 Å². The van der Waals surface area contributed by atoms with Crippen molar-refractivity contribution < 1.29 is 9.59 Å². The van der Waals surface area contributed by atoms with Crippen LogP contribution in [-0.2, 0) is 28.3 Å². The SMILES string of the molecule is O=C(NC1CCCCC1)[C@H](Cc1ccccc1)N(Cc1ccc(Cl)cc1)C(=O)CSCc1ccccc1Cl. The Kier molecular flexibility index (Phi) is 11.0. The molecule has 7 heteroatoms.